The molecule has 2 aromatic rings. The van der Waals surface area contributed by atoms with Crippen LogP contribution in [-0.4, -0.2) is 5.91 Å². The summed E-state index contributed by atoms with van der Waals surface area (Å²) in [5, 5.41) is 3.48. The molecule has 0 fully saturated rings. The van der Waals surface area contributed by atoms with Crippen molar-refractivity contribution in [3.05, 3.63) is 62.6 Å². The molecule has 0 aliphatic carbocycles. The molecule has 0 aromatic heterocycles. The number of halogens is 2. The molecular formula is C15H13BrClNO. The predicted octanol–water partition coefficient (Wildman–Crippen LogP) is 4.97. The van der Waals surface area contributed by atoms with E-state index >= 15 is 0 Å². The smallest absolute Gasteiger partial charge is 0.255 e. The van der Waals surface area contributed by atoms with Crippen molar-refractivity contribution >= 4 is 39.1 Å². The number of aryl methyl sites for hydroxylation is 2. The highest BCUT2D eigenvalue weighted by atomic mass is 79.9. The minimum atomic E-state index is -0.149. The zero-order valence-corrected chi connectivity index (χ0v) is 13.0. The van der Waals surface area contributed by atoms with Crippen LogP contribution in [0.5, 0.6) is 0 Å². The molecule has 1 amide bonds. The summed E-state index contributed by atoms with van der Waals surface area (Å²) in [5.41, 5.74) is 3.31. The first-order valence-electron chi connectivity index (χ1n) is 5.81. The molecule has 2 rings (SSSR count). The summed E-state index contributed by atoms with van der Waals surface area (Å²) in [5.74, 6) is -0.149. The van der Waals surface area contributed by atoms with Gasteiger partial charge in [-0.3, -0.25) is 4.79 Å². The quantitative estimate of drug-likeness (QED) is 0.823. The Morgan fingerprint density at radius 2 is 1.95 bits per heavy atom. The van der Waals surface area contributed by atoms with E-state index in [9.17, 15) is 4.79 Å². The molecule has 2 aromatic carbocycles. The molecule has 1 N–H and O–H groups in total. The Bertz CT molecular complexity index is 640. The molecule has 0 aliphatic rings. The first-order valence-corrected chi connectivity index (χ1v) is 6.98. The van der Waals surface area contributed by atoms with Gasteiger partial charge in [0.05, 0.1) is 5.69 Å². The van der Waals surface area contributed by atoms with Gasteiger partial charge in [-0.25, -0.2) is 0 Å². The van der Waals surface area contributed by atoms with Gasteiger partial charge in [0.1, 0.15) is 0 Å². The largest absolute Gasteiger partial charge is 0.321 e. The van der Waals surface area contributed by atoms with Crippen LogP contribution in [0.1, 0.15) is 21.5 Å². The van der Waals surface area contributed by atoms with Crippen LogP contribution in [0.25, 0.3) is 0 Å². The van der Waals surface area contributed by atoms with Gasteiger partial charge in [0, 0.05) is 15.1 Å². The lowest BCUT2D eigenvalue weighted by molar-refractivity contribution is 0.102. The van der Waals surface area contributed by atoms with Crippen molar-refractivity contribution in [1.29, 1.82) is 0 Å². The Morgan fingerprint density at radius 1 is 1.21 bits per heavy atom. The lowest BCUT2D eigenvalue weighted by Gasteiger charge is -2.10. The third-order valence-electron chi connectivity index (χ3n) is 2.78. The van der Waals surface area contributed by atoms with E-state index in [4.69, 9.17) is 11.6 Å². The van der Waals surface area contributed by atoms with E-state index in [1.165, 1.54) is 0 Å². The number of carbonyl (C=O) groups is 1. The van der Waals surface area contributed by atoms with Crippen molar-refractivity contribution in [3.63, 3.8) is 0 Å². The molecule has 0 unspecified atom stereocenters. The number of nitrogens with one attached hydrogen (secondary N) is 1. The second-order valence-corrected chi connectivity index (χ2v) is 5.67. The maximum absolute atomic E-state index is 12.1. The SMILES string of the molecule is Cc1cccc(C(=O)Nc2cc(Cl)c(C)cc2Br)c1. The Hall–Kier alpha value is -1.32. The molecule has 19 heavy (non-hydrogen) atoms. The van der Waals surface area contributed by atoms with Crippen LogP contribution in [0, 0.1) is 13.8 Å². The highest BCUT2D eigenvalue weighted by Crippen LogP contribution is 2.29. The van der Waals surface area contributed by atoms with Crippen molar-refractivity contribution < 1.29 is 4.79 Å². The summed E-state index contributed by atoms with van der Waals surface area (Å²) >= 11 is 9.49. The van der Waals surface area contributed by atoms with Crippen molar-refractivity contribution in [3.8, 4) is 0 Å². The van der Waals surface area contributed by atoms with E-state index in [1.807, 2.05) is 38.1 Å². The summed E-state index contributed by atoms with van der Waals surface area (Å²) in [6, 6.07) is 11.1. The molecule has 0 spiro atoms. The van der Waals surface area contributed by atoms with Crippen molar-refractivity contribution in [2.24, 2.45) is 0 Å². The van der Waals surface area contributed by atoms with Gasteiger partial charge in [-0.05, 0) is 59.6 Å². The van der Waals surface area contributed by atoms with Crippen LogP contribution in [0.15, 0.2) is 40.9 Å². The van der Waals surface area contributed by atoms with Crippen LogP contribution >= 0.6 is 27.5 Å². The van der Waals surface area contributed by atoms with Crippen molar-refractivity contribution in [1.82, 2.24) is 0 Å². The zero-order valence-electron chi connectivity index (χ0n) is 10.6. The predicted molar refractivity (Wildman–Crippen MR) is 83.0 cm³/mol. The number of amides is 1. The summed E-state index contributed by atoms with van der Waals surface area (Å²) in [4.78, 5) is 12.1. The topological polar surface area (TPSA) is 29.1 Å². The van der Waals surface area contributed by atoms with Gasteiger partial charge in [-0.1, -0.05) is 29.3 Å². The molecule has 0 atom stereocenters. The lowest BCUT2D eigenvalue weighted by Crippen LogP contribution is -2.12. The van der Waals surface area contributed by atoms with Crippen molar-refractivity contribution in [2.75, 3.05) is 5.32 Å². The minimum absolute atomic E-state index is 0.149. The molecule has 0 heterocycles. The molecule has 0 radical (unpaired) electrons. The number of hydrogen-bond acceptors (Lipinski definition) is 1. The number of rotatable bonds is 2. The van der Waals surface area contributed by atoms with E-state index in [0.717, 1.165) is 15.6 Å². The fourth-order valence-corrected chi connectivity index (χ4v) is 2.44. The molecule has 0 bridgehead atoms. The standard InChI is InChI=1S/C15H13BrClNO/c1-9-4-3-5-11(6-9)15(19)18-14-8-13(17)10(2)7-12(14)16/h3-8H,1-2H3,(H,18,19). The highest BCUT2D eigenvalue weighted by Gasteiger charge is 2.10. The van der Waals surface area contributed by atoms with Gasteiger partial charge in [0.25, 0.3) is 5.91 Å². The maximum atomic E-state index is 12.1. The fraction of sp³-hybridized carbons (Fsp3) is 0.133. The second kappa shape index (κ2) is 5.76. The van der Waals surface area contributed by atoms with Gasteiger partial charge in [-0.15, -0.1) is 0 Å². The third-order valence-corrected chi connectivity index (χ3v) is 3.84. The normalized spacial score (nSPS) is 10.3. The minimum Gasteiger partial charge on any atom is -0.321 e. The summed E-state index contributed by atoms with van der Waals surface area (Å²) in [7, 11) is 0. The number of hydrogen-bond donors (Lipinski definition) is 1. The van der Waals surface area contributed by atoms with Crippen LogP contribution in [0.4, 0.5) is 5.69 Å². The van der Waals surface area contributed by atoms with E-state index in [-0.39, 0.29) is 5.91 Å². The number of carbonyl (C=O) groups excluding carboxylic acids is 1. The second-order valence-electron chi connectivity index (χ2n) is 4.40. The molecule has 2 nitrogen and oxygen atoms in total. The fourth-order valence-electron chi connectivity index (χ4n) is 1.72. The summed E-state index contributed by atoms with van der Waals surface area (Å²) in [6.45, 7) is 3.87. The van der Waals surface area contributed by atoms with E-state index < -0.39 is 0 Å². The Labute approximate surface area is 125 Å². The van der Waals surface area contributed by atoms with Gasteiger partial charge < -0.3 is 5.32 Å². The van der Waals surface area contributed by atoms with E-state index in [0.29, 0.717) is 16.3 Å². The Kier molecular flexibility index (Phi) is 4.27. The van der Waals surface area contributed by atoms with E-state index in [2.05, 4.69) is 21.2 Å². The average Bonchev–Trinajstić information content (AvgIpc) is 2.36. The van der Waals surface area contributed by atoms with Gasteiger partial charge in [0.15, 0.2) is 0 Å². The Morgan fingerprint density at radius 3 is 2.63 bits per heavy atom. The van der Waals surface area contributed by atoms with Crippen LogP contribution < -0.4 is 5.32 Å². The number of benzene rings is 2. The molecule has 0 aliphatic heterocycles. The number of anilines is 1. The first kappa shape index (κ1) is 14.1. The lowest BCUT2D eigenvalue weighted by atomic mass is 10.1. The summed E-state index contributed by atoms with van der Waals surface area (Å²) < 4.78 is 0.815. The zero-order chi connectivity index (χ0) is 14.0. The monoisotopic (exact) mass is 337 g/mol. The first-order chi connectivity index (χ1) is 8.97. The van der Waals surface area contributed by atoms with Crippen molar-refractivity contribution in [2.45, 2.75) is 13.8 Å². The molecular weight excluding hydrogens is 326 g/mol. The third kappa shape index (κ3) is 3.37. The molecule has 0 saturated heterocycles. The Balaban J connectivity index is 2.27. The van der Waals surface area contributed by atoms with Crippen LogP contribution in [0.2, 0.25) is 5.02 Å². The average molecular weight is 339 g/mol. The molecule has 98 valence electrons. The molecule has 0 saturated carbocycles. The maximum Gasteiger partial charge on any atom is 0.255 e. The van der Waals surface area contributed by atoms with Gasteiger partial charge >= 0.3 is 0 Å². The molecule has 4 heteroatoms. The van der Waals surface area contributed by atoms with Crippen LogP contribution in [0.3, 0.4) is 0 Å². The highest BCUT2D eigenvalue weighted by molar-refractivity contribution is 9.10. The summed E-state index contributed by atoms with van der Waals surface area (Å²) in [6.07, 6.45) is 0. The van der Waals surface area contributed by atoms with E-state index in [1.54, 1.807) is 12.1 Å². The van der Waals surface area contributed by atoms with Crippen LogP contribution in [-0.2, 0) is 0 Å². The van der Waals surface area contributed by atoms with Gasteiger partial charge in [0.2, 0.25) is 0 Å². The van der Waals surface area contributed by atoms with Gasteiger partial charge in [-0.2, -0.15) is 0 Å².